The van der Waals surface area contributed by atoms with Gasteiger partial charge in [0, 0.05) is 6.42 Å². The number of carbonyl (C=O) groups is 1. The summed E-state index contributed by atoms with van der Waals surface area (Å²) in [5, 5.41) is 8.66. The molecule has 0 atom stereocenters. The van der Waals surface area contributed by atoms with Crippen molar-refractivity contribution in [3.05, 3.63) is 29.3 Å². The van der Waals surface area contributed by atoms with E-state index in [0.717, 1.165) is 29.9 Å². The first kappa shape index (κ1) is 14.6. The van der Waals surface area contributed by atoms with E-state index in [0.29, 0.717) is 6.42 Å². The highest BCUT2D eigenvalue weighted by Gasteiger charge is 2.04. The van der Waals surface area contributed by atoms with Crippen molar-refractivity contribution >= 4 is 5.97 Å². The summed E-state index contributed by atoms with van der Waals surface area (Å²) < 4.78 is 5.65. The maximum Gasteiger partial charge on any atom is 0.303 e. The van der Waals surface area contributed by atoms with Gasteiger partial charge in [-0.2, -0.15) is 0 Å². The fourth-order valence-corrected chi connectivity index (χ4v) is 1.82. The Morgan fingerprint density at radius 1 is 1.33 bits per heavy atom. The Labute approximate surface area is 109 Å². The number of carboxylic acid groups (broad SMARTS) is 1. The molecule has 0 aliphatic rings. The third-order valence-electron chi connectivity index (χ3n) is 2.94. The highest BCUT2D eigenvalue weighted by atomic mass is 16.5. The molecule has 0 aromatic heterocycles. The summed E-state index contributed by atoms with van der Waals surface area (Å²) in [6.07, 6.45) is 4.22. The number of aliphatic carboxylic acids is 1. The van der Waals surface area contributed by atoms with Gasteiger partial charge in [-0.05, 0) is 43.0 Å². The molecule has 0 bridgehead atoms. The minimum atomic E-state index is -0.755. The highest BCUT2D eigenvalue weighted by Crippen LogP contribution is 2.19. The molecule has 0 unspecified atom stereocenters. The van der Waals surface area contributed by atoms with Crippen LogP contribution in [0.4, 0.5) is 0 Å². The molecular formula is C15H22O3. The molecule has 3 nitrogen and oxygen atoms in total. The normalized spacial score (nSPS) is 10.3. The molecule has 1 aromatic carbocycles. The predicted molar refractivity (Wildman–Crippen MR) is 72.2 cm³/mol. The van der Waals surface area contributed by atoms with Crippen LogP contribution in [0.1, 0.15) is 43.7 Å². The highest BCUT2D eigenvalue weighted by molar-refractivity contribution is 5.67. The Bertz CT molecular complexity index is 385. The average molecular weight is 250 g/mol. The zero-order valence-electron chi connectivity index (χ0n) is 11.2. The molecule has 0 heterocycles. The molecule has 0 saturated heterocycles. The van der Waals surface area contributed by atoms with E-state index in [4.69, 9.17) is 9.84 Å². The summed E-state index contributed by atoms with van der Waals surface area (Å²) in [5.74, 6) is 0.122. The lowest BCUT2D eigenvalue weighted by Gasteiger charge is -2.09. The van der Waals surface area contributed by atoms with E-state index in [9.17, 15) is 4.79 Å². The Kier molecular flexibility index (Phi) is 6.26. The minimum Gasteiger partial charge on any atom is -0.494 e. The number of rotatable bonds is 8. The van der Waals surface area contributed by atoms with Gasteiger partial charge in [0.2, 0.25) is 0 Å². The van der Waals surface area contributed by atoms with Crippen molar-refractivity contribution < 1.29 is 14.6 Å². The van der Waals surface area contributed by atoms with Crippen LogP contribution in [-0.2, 0) is 11.2 Å². The van der Waals surface area contributed by atoms with Crippen LogP contribution >= 0.6 is 0 Å². The van der Waals surface area contributed by atoms with Crippen LogP contribution in [0, 0.1) is 6.92 Å². The first-order valence-corrected chi connectivity index (χ1v) is 6.57. The van der Waals surface area contributed by atoms with Crippen molar-refractivity contribution in [3.63, 3.8) is 0 Å². The number of unbranched alkanes of at least 4 members (excludes halogenated alkanes) is 2. The maximum atomic E-state index is 10.5. The number of aryl methyl sites for hydroxylation is 2. The molecule has 0 radical (unpaired) electrons. The Hall–Kier alpha value is -1.51. The zero-order valence-corrected chi connectivity index (χ0v) is 11.2. The van der Waals surface area contributed by atoms with Gasteiger partial charge in [-0.1, -0.05) is 25.8 Å². The van der Waals surface area contributed by atoms with Crippen LogP contribution < -0.4 is 4.74 Å². The molecule has 1 rings (SSSR count). The monoisotopic (exact) mass is 250 g/mol. The predicted octanol–water partition coefficient (Wildman–Crippen LogP) is 3.58. The van der Waals surface area contributed by atoms with Gasteiger partial charge in [0.25, 0.3) is 0 Å². The summed E-state index contributed by atoms with van der Waals surface area (Å²) >= 11 is 0. The molecule has 0 amide bonds. The lowest BCUT2D eigenvalue weighted by molar-refractivity contribution is -0.136. The molecule has 0 saturated carbocycles. The molecule has 0 aliphatic heterocycles. The van der Waals surface area contributed by atoms with Gasteiger partial charge in [-0.25, -0.2) is 0 Å². The maximum absolute atomic E-state index is 10.5. The van der Waals surface area contributed by atoms with E-state index in [1.165, 1.54) is 12.8 Å². The Balaban J connectivity index is 2.48. The second-order valence-electron chi connectivity index (χ2n) is 4.54. The number of hydrogen-bond donors (Lipinski definition) is 1. The third kappa shape index (κ3) is 5.21. The van der Waals surface area contributed by atoms with E-state index in [1.807, 2.05) is 25.1 Å². The zero-order chi connectivity index (χ0) is 13.4. The van der Waals surface area contributed by atoms with Crippen molar-refractivity contribution in [1.29, 1.82) is 0 Å². The Morgan fingerprint density at radius 2 is 2.11 bits per heavy atom. The topological polar surface area (TPSA) is 46.5 Å². The van der Waals surface area contributed by atoms with Crippen LogP contribution in [0.5, 0.6) is 5.75 Å². The summed E-state index contributed by atoms with van der Waals surface area (Å²) in [6, 6.07) is 5.88. The summed E-state index contributed by atoms with van der Waals surface area (Å²) in [7, 11) is 0. The molecule has 1 aromatic rings. The van der Waals surface area contributed by atoms with Gasteiger partial charge in [-0.3, -0.25) is 4.79 Å². The van der Waals surface area contributed by atoms with E-state index in [-0.39, 0.29) is 6.42 Å². The van der Waals surface area contributed by atoms with Crippen molar-refractivity contribution in [2.24, 2.45) is 0 Å². The van der Waals surface area contributed by atoms with E-state index in [1.54, 1.807) is 0 Å². The standard InChI is InChI=1S/C15H22O3/c1-3-4-5-10-18-14-8-6-13(12(2)11-14)7-9-15(16)17/h6,8,11H,3-5,7,9-10H2,1-2H3,(H,16,17). The van der Waals surface area contributed by atoms with Gasteiger partial charge >= 0.3 is 5.97 Å². The van der Waals surface area contributed by atoms with E-state index < -0.39 is 5.97 Å². The van der Waals surface area contributed by atoms with E-state index >= 15 is 0 Å². The van der Waals surface area contributed by atoms with Crippen molar-refractivity contribution in [2.75, 3.05) is 6.61 Å². The van der Waals surface area contributed by atoms with Crippen molar-refractivity contribution in [2.45, 2.75) is 46.0 Å². The van der Waals surface area contributed by atoms with Crippen LogP contribution in [0.25, 0.3) is 0 Å². The number of ether oxygens (including phenoxy) is 1. The van der Waals surface area contributed by atoms with Crippen LogP contribution in [0.15, 0.2) is 18.2 Å². The van der Waals surface area contributed by atoms with Crippen LogP contribution in [0.3, 0.4) is 0 Å². The molecular weight excluding hydrogens is 228 g/mol. The second-order valence-corrected chi connectivity index (χ2v) is 4.54. The van der Waals surface area contributed by atoms with Crippen molar-refractivity contribution in [1.82, 2.24) is 0 Å². The van der Waals surface area contributed by atoms with Gasteiger partial charge < -0.3 is 9.84 Å². The smallest absolute Gasteiger partial charge is 0.303 e. The number of hydrogen-bond acceptors (Lipinski definition) is 2. The molecule has 0 fully saturated rings. The number of carboxylic acids is 1. The molecule has 0 spiro atoms. The van der Waals surface area contributed by atoms with Gasteiger partial charge in [0.15, 0.2) is 0 Å². The Morgan fingerprint density at radius 3 is 2.72 bits per heavy atom. The lowest BCUT2D eigenvalue weighted by atomic mass is 10.0. The van der Waals surface area contributed by atoms with Gasteiger partial charge in [0.1, 0.15) is 5.75 Å². The molecule has 1 N–H and O–H groups in total. The van der Waals surface area contributed by atoms with Crippen molar-refractivity contribution in [3.8, 4) is 5.75 Å². The summed E-state index contributed by atoms with van der Waals surface area (Å²) in [6.45, 7) is 4.92. The van der Waals surface area contributed by atoms with E-state index in [2.05, 4.69) is 6.92 Å². The lowest BCUT2D eigenvalue weighted by Crippen LogP contribution is -2.01. The summed E-state index contributed by atoms with van der Waals surface area (Å²) in [4.78, 5) is 10.5. The first-order chi connectivity index (χ1) is 8.63. The largest absolute Gasteiger partial charge is 0.494 e. The van der Waals surface area contributed by atoms with Crippen LogP contribution in [-0.4, -0.2) is 17.7 Å². The SMILES string of the molecule is CCCCCOc1ccc(CCC(=O)O)c(C)c1. The fraction of sp³-hybridized carbons (Fsp3) is 0.533. The molecule has 0 aliphatic carbocycles. The first-order valence-electron chi connectivity index (χ1n) is 6.57. The average Bonchev–Trinajstić information content (AvgIpc) is 2.33. The molecule has 18 heavy (non-hydrogen) atoms. The summed E-state index contributed by atoms with van der Waals surface area (Å²) in [5.41, 5.74) is 2.18. The van der Waals surface area contributed by atoms with Crippen LogP contribution in [0.2, 0.25) is 0 Å². The molecule has 100 valence electrons. The third-order valence-corrected chi connectivity index (χ3v) is 2.94. The number of benzene rings is 1. The minimum absolute atomic E-state index is 0.178. The second kappa shape index (κ2) is 7.75. The molecule has 3 heteroatoms. The quantitative estimate of drug-likeness (QED) is 0.717. The van der Waals surface area contributed by atoms with Gasteiger partial charge in [-0.15, -0.1) is 0 Å². The van der Waals surface area contributed by atoms with Gasteiger partial charge in [0.05, 0.1) is 6.61 Å². The fourth-order valence-electron chi connectivity index (χ4n) is 1.82.